The Morgan fingerprint density at radius 3 is 2.30 bits per heavy atom. The van der Waals surface area contributed by atoms with E-state index in [1.807, 2.05) is 13.8 Å². The quantitative estimate of drug-likeness (QED) is 0.589. The molecule has 0 aromatic carbocycles. The summed E-state index contributed by atoms with van der Waals surface area (Å²) in [5, 5.41) is 8.69. The maximum Gasteiger partial charge on any atom is 0.0684 e. The van der Waals surface area contributed by atoms with E-state index >= 15 is 0 Å². The molecule has 0 heterocycles. The zero-order valence-electron chi connectivity index (χ0n) is 7.44. The number of hydrogen-bond acceptors (Lipinski definition) is 1. The molecule has 0 saturated heterocycles. The average Bonchev–Trinajstić information content (AvgIpc) is 1.87. The van der Waals surface area contributed by atoms with Gasteiger partial charge in [0.25, 0.3) is 0 Å². The van der Waals surface area contributed by atoms with Gasteiger partial charge in [-0.2, -0.15) is 5.26 Å². The second-order valence-electron chi connectivity index (χ2n) is 3.71. The number of rotatable bonds is 3. The van der Waals surface area contributed by atoms with Crippen molar-refractivity contribution in [3.05, 3.63) is 0 Å². The Hall–Kier alpha value is -0.510. The van der Waals surface area contributed by atoms with E-state index in [4.69, 9.17) is 5.26 Å². The molecule has 1 atom stereocenters. The van der Waals surface area contributed by atoms with E-state index in [2.05, 4.69) is 19.9 Å². The van der Waals surface area contributed by atoms with E-state index in [0.717, 1.165) is 6.42 Å². The van der Waals surface area contributed by atoms with Crippen molar-refractivity contribution >= 4 is 0 Å². The van der Waals surface area contributed by atoms with Crippen molar-refractivity contribution in [1.82, 2.24) is 0 Å². The normalized spacial score (nSPS) is 14.3. The van der Waals surface area contributed by atoms with Crippen LogP contribution in [0.15, 0.2) is 0 Å². The van der Waals surface area contributed by atoms with Gasteiger partial charge in [-0.05, 0) is 26.2 Å². The van der Waals surface area contributed by atoms with Crippen LogP contribution >= 0.6 is 0 Å². The maximum absolute atomic E-state index is 8.69. The van der Waals surface area contributed by atoms with Gasteiger partial charge in [0.15, 0.2) is 0 Å². The van der Waals surface area contributed by atoms with Crippen molar-refractivity contribution in [2.45, 2.75) is 40.5 Å². The van der Waals surface area contributed by atoms with Crippen molar-refractivity contribution in [1.29, 1.82) is 5.26 Å². The highest BCUT2D eigenvalue weighted by atomic mass is 14.3. The lowest BCUT2D eigenvalue weighted by Crippen LogP contribution is -2.12. The standard InChI is InChI=1S/C9H17N/c1-5-8(2)6-9(3,4)7-10/h8H,5-6H2,1-4H3/t8-/m0/s1. The van der Waals surface area contributed by atoms with Gasteiger partial charge in [0.2, 0.25) is 0 Å². The predicted octanol–water partition coefficient (Wildman–Crippen LogP) is 2.97. The van der Waals surface area contributed by atoms with Gasteiger partial charge in [-0.3, -0.25) is 0 Å². The van der Waals surface area contributed by atoms with Gasteiger partial charge < -0.3 is 0 Å². The first-order valence-corrected chi connectivity index (χ1v) is 3.93. The van der Waals surface area contributed by atoms with E-state index in [0.29, 0.717) is 5.92 Å². The number of nitriles is 1. The highest BCUT2D eigenvalue weighted by Crippen LogP contribution is 2.25. The summed E-state index contributed by atoms with van der Waals surface area (Å²) in [6, 6.07) is 2.31. The molecule has 0 aliphatic rings. The largest absolute Gasteiger partial charge is 0.198 e. The summed E-state index contributed by atoms with van der Waals surface area (Å²) in [5.74, 6) is 0.676. The summed E-state index contributed by atoms with van der Waals surface area (Å²) >= 11 is 0. The predicted molar refractivity (Wildman–Crippen MR) is 43.5 cm³/mol. The molecule has 0 N–H and O–H groups in total. The van der Waals surface area contributed by atoms with E-state index in [1.165, 1.54) is 6.42 Å². The van der Waals surface area contributed by atoms with Crippen LogP contribution in [0.3, 0.4) is 0 Å². The highest BCUT2D eigenvalue weighted by molar-refractivity contribution is 4.92. The second kappa shape index (κ2) is 3.61. The van der Waals surface area contributed by atoms with Crippen molar-refractivity contribution in [3.63, 3.8) is 0 Å². The van der Waals surface area contributed by atoms with Gasteiger partial charge in [0, 0.05) is 0 Å². The molecule has 0 amide bonds. The first-order valence-electron chi connectivity index (χ1n) is 3.93. The fraction of sp³-hybridized carbons (Fsp3) is 0.889. The second-order valence-corrected chi connectivity index (χ2v) is 3.71. The zero-order valence-corrected chi connectivity index (χ0v) is 7.44. The molecule has 0 spiro atoms. The van der Waals surface area contributed by atoms with Gasteiger partial charge in [-0.15, -0.1) is 0 Å². The summed E-state index contributed by atoms with van der Waals surface area (Å²) in [4.78, 5) is 0. The summed E-state index contributed by atoms with van der Waals surface area (Å²) in [6.07, 6.45) is 2.19. The third-order valence-corrected chi connectivity index (χ3v) is 1.86. The summed E-state index contributed by atoms with van der Waals surface area (Å²) in [6.45, 7) is 8.36. The Bertz CT molecular complexity index is 130. The van der Waals surface area contributed by atoms with E-state index in [1.54, 1.807) is 0 Å². The van der Waals surface area contributed by atoms with Gasteiger partial charge in [-0.1, -0.05) is 20.3 Å². The van der Waals surface area contributed by atoms with Gasteiger partial charge in [-0.25, -0.2) is 0 Å². The Morgan fingerprint density at radius 1 is 1.50 bits per heavy atom. The SMILES string of the molecule is CC[C@H](C)CC(C)(C)C#N. The molecule has 0 bridgehead atoms. The van der Waals surface area contributed by atoms with Crippen molar-refractivity contribution < 1.29 is 0 Å². The third kappa shape index (κ3) is 3.50. The van der Waals surface area contributed by atoms with Crippen LogP contribution < -0.4 is 0 Å². The van der Waals surface area contributed by atoms with Gasteiger partial charge >= 0.3 is 0 Å². The van der Waals surface area contributed by atoms with Crippen LogP contribution in [0.2, 0.25) is 0 Å². The van der Waals surface area contributed by atoms with Crippen LogP contribution in [0.1, 0.15) is 40.5 Å². The molecular formula is C9H17N. The molecular weight excluding hydrogens is 122 g/mol. The van der Waals surface area contributed by atoms with E-state index < -0.39 is 0 Å². The Labute approximate surface area is 64.1 Å². The zero-order chi connectivity index (χ0) is 8.20. The van der Waals surface area contributed by atoms with Crippen LogP contribution in [0.5, 0.6) is 0 Å². The molecule has 0 saturated carbocycles. The first-order chi connectivity index (χ1) is 4.52. The van der Waals surface area contributed by atoms with Crippen LogP contribution in [0, 0.1) is 22.7 Å². The van der Waals surface area contributed by atoms with Crippen LogP contribution in [-0.2, 0) is 0 Å². The Morgan fingerprint density at radius 2 is 2.00 bits per heavy atom. The lowest BCUT2D eigenvalue weighted by Gasteiger charge is -2.18. The smallest absolute Gasteiger partial charge is 0.0684 e. The monoisotopic (exact) mass is 139 g/mol. The fourth-order valence-electron chi connectivity index (χ4n) is 1.06. The minimum Gasteiger partial charge on any atom is -0.198 e. The van der Waals surface area contributed by atoms with Crippen LogP contribution in [-0.4, -0.2) is 0 Å². The molecule has 58 valence electrons. The first kappa shape index (κ1) is 9.49. The number of nitrogens with zero attached hydrogens (tertiary/aromatic N) is 1. The highest BCUT2D eigenvalue weighted by Gasteiger charge is 2.18. The van der Waals surface area contributed by atoms with Gasteiger partial charge in [0.05, 0.1) is 11.5 Å². The van der Waals surface area contributed by atoms with Crippen LogP contribution in [0.4, 0.5) is 0 Å². The molecule has 1 heteroatoms. The average molecular weight is 139 g/mol. The van der Waals surface area contributed by atoms with E-state index in [-0.39, 0.29) is 5.41 Å². The van der Waals surface area contributed by atoms with E-state index in [9.17, 15) is 0 Å². The topological polar surface area (TPSA) is 23.8 Å². The van der Waals surface area contributed by atoms with Crippen molar-refractivity contribution in [2.75, 3.05) is 0 Å². The molecule has 1 nitrogen and oxygen atoms in total. The molecule has 0 rings (SSSR count). The summed E-state index contributed by atoms with van der Waals surface area (Å²) < 4.78 is 0. The van der Waals surface area contributed by atoms with Crippen LogP contribution in [0.25, 0.3) is 0 Å². The fourth-order valence-corrected chi connectivity index (χ4v) is 1.06. The lowest BCUT2D eigenvalue weighted by atomic mass is 9.84. The number of hydrogen-bond donors (Lipinski definition) is 0. The Balaban J connectivity index is 3.79. The minimum absolute atomic E-state index is 0.130. The maximum atomic E-state index is 8.69. The summed E-state index contributed by atoms with van der Waals surface area (Å²) in [7, 11) is 0. The minimum atomic E-state index is -0.130. The lowest BCUT2D eigenvalue weighted by molar-refractivity contribution is 0.352. The molecule has 0 aliphatic heterocycles. The van der Waals surface area contributed by atoms with Gasteiger partial charge in [0.1, 0.15) is 0 Å². The third-order valence-electron chi connectivity index (χ3n) is 1.86. The summed E-state index contributed by atoms with van der Waals surface area (Å²) in [5.41, 5.74) is -0.130. The Kier molecular flexibility index (Phi) is 3.42. The molecule has 0 fully saturated rings. The van der Waals surface area contributed by atoms with Crippen molar-refractivity contribution in [2.24, 2.45) is 11.3 Å². The molecule has 0 aromatic heterocycles. The van der Waals surface area contributed by atoms with Crippen molar-refractivity contribution in [3.8, 4) is 6.07 Å². The molecule has 0 radical (unpaired) electrons. The molecule has 0 unspecified atom stereocenters. The molecule has 0 aliphatic carbocycles. The molecule has 0 aromatic rings. The molecule has 10 heavy (non-hydrogen) atoms.